The first-order chi connectivity index (χ1) is 18.3. The number of nitrogens with zero attached hydrogens (tertiary/aromatic N) is 2. The Morgan fingerprint density at radius 2 is 1.74 bits per heavy atom. The zero-order valence-electron chi connectivity index (χ0n) is 20.2. The van der Waals surface area contributed by atoms with Crippen LogP contribution in [0.2, 0.25) is 0 Å². The number of ketones is 1. The Morgan fingerprint density at radius 3 is 2.33 bits per heavy atom. The van der Waals surface area contributed by atoms with Gasteiger partial charge in [0, 0.05) is 6.54 Å². The van der Waals surface area contributed by atoms with E-state index in [9.17, 15) is 45.6 Å². The third-order valence-corrected chi connectivity index (χ3v) is 8.11. The number of Topliss-reactive ketones (excluding diaryl/α,β-unsaturated/α-hetero) is 1. The molecule has 0 aromatic heterocycles. The quantitative estimate of drug-likeness (QED) is 0.332. The molecule has 2 atom stereocenters. The second kappa shape index (κ2) is 10.4. The number of benzene rings is 2. The highest BCUT2D eigenvalue weighted by Crippen LogP contribution is 2.36. The Hall–Kier alpha value is -3.83. The smallest absolute Gasteiger partial charge is 0.336 e. The molecular weight excluding hydrogens is 544 g/mol. The van der Waals surface area contributed by atoms with Gasteiger partial charge in [-0.2, -0.15) is 18.4 Å². The van der Waals surface area contributed by atoms with Crippen LogP contribution in [0.5, 0.6) is 0 Å². The molecule has 0 saturated heterocycles. The van der Waals surface area contributed by atoms with Crippen LogP contribution in [0, 0.1) is 17.1 Å². The van der Waals surface area contributed by atoms with Gasteiger partial charge in [0.1, 0.15) is 23.4 Å². The van der Waals surface area contributed by atoms with Gasteiger partial charge in [-0.1, -0.05) is 24.3 Å². The molecule has 1 aliphatic heterocycles. The monoisotopic (exact) mass is 566 g/mol. The third-order valence-electron chi connectivity index (χ3n) is 6.47. The van der Waals surface area contributed by atoms with E-state index in [4.69, 9.17) is 0 Å². The second-order valence-electron chi connectivity index (χ2n) is 9.35. The number of fused-ring (bicyclic) bond motifs is 1. The number of hydrogen-bond donors (Lipinski definition) is 2. The van der Waals surface area contributed by atoms with Crippen molar-refractivity contribution in [2.24, 2.45) is 0 Å². The van der Waals surface area contributed by atoms with Crippen molar-refractivity contribution in [2.45, 2.75) is 36.6 Å². The Kier molecular flexibility index (Phi) is 7.50. The zero-order valence-corrected chi connectivity index (χ0v) is 21.0. The molecule has 0 bridgehead atoms. The van der Waals surface area contributed by atoms with Gasteiger partial charge in [-0.25, -0.2) is 12.8 Å². The minimum absolute atomic E-state index is 0.0948. The maximum absolute atomic E-state index is 14.0. The Bertz CT molecular complexity index is 1450. The van der Waals surface area contributed by atoms with Gasteiger partial charge < -0.3 is 10.2 Å². The van der Waals surface area contributed by atoms with Crippen LogP contribution in [0.4, 0.5) is 23.2 Å². The lowest BCUT2D eigenvalue weighted by Gasteiger charge is -2.28. The fourth-order valence-corrected chi connectivity index (χ4v) is 5.57. The lowest BCUT2D eigenvalue weighted by Crippen LogP contribution is -2.54. The van der Waals surface area contributed by atoms with Gasteiger partial charge in [0.2, 0.25) is 5.91 Å². The molecule has 1 fully saturated rings. The molecule has 9 nitrogen and oxygen atoms in total. The first-order valence-corrected chi connectivity index (χ1v) is 13.5. The van der Waals surface area contributed by atoms with Gasteiger partial charge >= 0.3 is 6.18 Å². The molecule has 2 amide bonds. The number of rotatable bonds is 10. The van der Waals surface area contributed by atoms with Crippen molar-refractivity contribution in [2.75, 3.05) is 23.0 Å². The van der Waals surface area contributed by atoms with Crippen LogP contribution in [-0.4, -0.2) is 61.8 Å². The van der Waals surface area contributed by atoms with Crippen molar-refractivity contribution in [1.29, 1.82) is 5.26 Å². The van der Waals surface area contributed by atoms with Crippen LogP contribution < -0.4 is 15.5 Å². The summed E-state index contributed by atoms with van der Waals surface area (Å²) in [6.45, 7) is -0.471. The number of nitriles is 1. The molecule has 0 unspecified atom stereocenters. The molecule has 1 heterocycles. The summed E-state index contributed by atoms with van der Waals surface area (Å²) in [4.78, 5) is 38.5. The lowest BCUT2D eigenvalue weighted by molar-refractivity contribution is -0.160. The summed E-state index contributed by atoms with van der Waals surface area (Å²) in [7, 11) is -4.32. The summed E-state index contributed by atoms with van der Waals surface area (Å²) < 4.78 is 81.3. The molecular formula is C25H22F4N4O5S. The molecule has 2 aromatic carbocycles. The van der Waals surface area contributed by atoms with E-state index in [-0.39, 0.29) is 24.1 Å². The highest BCUT2D eigenvalue weighted by Gasteiger charge is 2.48. The molecule has 14 heteroatoms. The van der Waals surface area contributed by atoms with Gasteiger partial charge in [0.15, 0.2) is 9.84 Å². The van der Waals surface area contributed by atoms with E-state index in [0.717, 1.165) is 29.2 Å². The molecule has 39 heavy (non-hydrogen) atoms. The van der Waals surface area contributed by atoms with E-state index >= 15 is 0 Å². The molecule has 2 aliphatic rings. The minimum Gasteiger partial charge on any atom is -0.336 e. The van der Waals surface area contributed by atoms with Gasteiger partial charge in [-0.05, 0) is 42.7 Å². The lowest BCUT2D eigenvalue weighted by atomic mass is 10.0. The van der Waals surface area contributed by atoms with Crippen molar-refractivity contribution in [3.8, 4) is 6.07 Å². The Morgan fingerprint density at radius 1 is 1.10 bits per heavy atom. The average molecular weight is 567 g/mol. The molecule has 206 valence electrons. The molecule has 0 radical (unpaired) electrons. The standard InChI is InChI=1S/C25H22F4N4O5S/c26-16-7-5-15(6-8-16)21(25(27,28)29)31-18(22(35)32-24(14-30)9-10-24)13-39(37,38)12-11-33-19-4-2-1-3-17(19)20(34)23(33)36/h1-8,18,21,31H,9-13H2,(H,32,35)/t18-,21-/m0/s1. The van der Waals surface area contributed by atoms with Gasteiger partial charge in [0.25, 0.3) is 11.7 Å². The van der Waals surface area contributed by atoms with E-state index in [1.165, 1.54) is 18.2 Å². The summed E-state index contributed by atoms with van der Waals surface area (Å²) in [5.74, 6) is -5.56. The predicted octanol–water partition coefficient (Wildman–Crippen LogP) is 2.20. The number of sulfone groups is 1. The maximum atomic E-state index is 14.0. The fraction of sp³-hybridized carbons (Fsp3) is 0.360. The predicted molar refractivity (Wildman–Crippen MR) is 130 cm³/mol. The maximum Gasteiger partial charge on any atom is 0.407 e. The number of hydrogen-bond acceptors (Lipinski definition) is 7. The SMILES string of the molecule is N#CC1(NC(=O)[C@H](CS(=O)(=O)CCN2C(=O)C(=O)c3ccccc32)N[C@@H](c2ccc(F)cc2)C(F)(F)F)CC1. The minimum atomic E-state index is -5.00. The van der Waals surface area contributed by atoms with Crippen molar-refractivity contribution in [3.63, 3.8) is 0 Å². The first-order valence-electron chi connectivity index (χ1n) is 11.7. The normalized spacial score (nSPS) is 17.8. The largest absolute Gasteiger partial charge is 0.407 e. The van der Waals surface area contributed by atoms with E-state index in [0.29, 0.717) is 0 Å². The molecule has 1 saturated carbocycles. The number of halogens is 4. The highest BCUT2D eigenvalue weighted by molar-refractivity contribution is 7.91. The number of carbonyl (C=O) groups excluding carboxylic acids is 3. The van der Waals surface area contributed by atoms with Crippen molar-refractivity contribution >= 4 is 33.1 Å². The third kappa shape index (κ3) is 6.26. The molecule has 4 rings (SSSR count). The van der Waals surface area contributed by atoms with Crippen molar-refractivity contribution in [3.05, 3.63) is 65.5 Å². The summed E-state index contributed by atoms with van der Waals surface area (Å²) in [6.07, 6.45) is -4.50. The van der Waals surface area contributed by atoms with Crippen LogP contribution in [-0.2, 0) is 19.4 Å². The van der Waals surface area contributed by atoms with E-state index in [1.807, 2.05) is 11.4 Å². The second-order valence-corrected chi connectivity index (χ2v) is 11.6. The first kappa shape index (κ1) is 28.2. The van der Waals surface area contributed by atoms with Crippen LogP contribution >= 0.6 is 0 Å². The van der Waals surface area contributed by atoms with Crippen LogP contribution in [0.3, 0.4) is 0 Å². The molecule has 0 spiro atoms. The van der Waals surface area contributed by atoms with Gasteiger partial charge in [-0.3, -0.25) is 19.7 Å². The molecule has 2 N–H and O–H groups in total. The van der Waals surface area contributed by atoms with E-state index < -0.39 is 80.7 Å². The number of para-hydroxylation sites is 1. The fourth-order valence-electron chi connectivity index (χ4n) is 4.19. The molecule has 2 aromatic rings. The number of amides is 2. The van der Waals surface area contributed by atoms with Crippen molar-refractivity contribution in [1.82, 2.24) is 10.6 Å². The van der Waals surface area contributed by atoms with Crippen LogP contribution in [0.25, 0.3) is 0 Å². The topological polar surface area (TPSA) is 136 Å². The summed E-state index contributed by atoms with van der Waals surface area (Å²) in [6, 6.07) is 6.60. The number of anilines is 1. The highest BCUT2D eigenvalue weighted by atomic mass is 32.2. The number of nitrogens with one attached hydrogen (secondary N) is 2. The Balaban J connectivity index is 1.56. The van der Waals surface area contributed by atoms with Crippen LogP contribution in [0.15, 0.2) is 48.5 Å². The Labute approximate surface area is 220 Å². The zero-order chi connectivity index (χ0) is 28.6. The van der Waals surface area contributed by atoms with Crippen LogP contribution in [0.1, 0.15) is 34.8 Å². The van der Waals surface area contributed by atoms with E-state index in [1.54, 1.807) is 6.07 Å². The van der Waals surface area contributed by atoms with Gasteiger partial charge in [0.05, 0.1) is 28.8 Å². The summed E-state index contributed by atoms with van der Waals surface area (Å²) in [5.41, 5.74) is -1.46. The number of carbonyl (C=O) groups is 3. The number of alkyl halides is 3. The van der Waals surface area contributed by atoms with Gasteiger partial charge in [-0.15, -0.1) is 0 Å². The van der Waals surface area contributed by atoms with E-state index in [2.05, 4.69) is 5.32 Å². The summed E-state index contributed by atoms with van der Waals surface area (Å²) >= 11 is 0. The van der Waals surface area contributed by atoms with Crippen molar-refractivity contribution < 1.29 is 40.4 Å². The molecule has 1 aliphatic carbocycles. The average Bonchev–Trinajstić information content (AvgIpc) is 3.61. The summed E-state index contributed by atoms with van der Waals surface area (Å²) in [5, 5.41) is 13.6.